The van der Waals surface area contributed by atoms with E-state index < -0.39 is 23.0 Å². The van der Waals surface area contributed by atoms with Gasteiger partial charge in [-0.15, -0.1) is 0 Å². The Morgan fingerprint density at radius 3 is 2.17 bits per heavy atom. The first-order valence-electron chi connectivity index (χ1n) is 11.0. The molecule has 0 unspecified atom stereocenters. The standard InChI is InChI=1S/C25H28FN3O7/c1-33-19-8-7-15(5-6-16-12-20(34-2)23(36-4)21(13-16)35-3)11-18(19)27-22(30)9-10-29-14-17(26)24(31)28-25(29)32/h7-8,11-14H,5-6,9-10H2,1-4H3,(H,27,30)(H,28,31,32). The fourth-order valence-corrected chi connectivity index (χ4v) is 3.66. The van der Waals surface area contributed by atoms with Crippen molar-refractivity contribution in [2.45, 2.75) is 25.8 Å². The highest BCUT2D eigenvalue weighted by molar-refractivity contribution is 5.92. The van der Waals surface area contributed by atoms with Gasteiger partial charge in [-0.3, -0.25) is 19.1 Å². The van der Waals surface area contributed by atoms with Gasteiger partial charge < -0.3 is 24.3 Å². The second-order valence-corrected chi connectivity index (χ2v) is 7.80. The number of anilines is 1. The molecule has 0 fully saturated rings. The third kappa shape index (κ3) is 6.23. The topological polar surface area (TPSA) is 121 Å². The Hall–Kier alpha value is -4.28. The Balaban J connectivity index is 1.70. The number of carbonyl (C=O) groups is 1. The van der Waals surface area contributed by atoms with Gasteiger partial charge in [0, 0.05) is 13.0 Å². The van der Waals surface area contributed by atoms with Crippen molar-refractivity contribution in [2.24, 2.45) is 0 Å². The van der Waals surface area contributed by atoms with Gasteiger partial charge in [0.25, 0.3) is 5.56 Å². The van der Waals surface area contributed by atoms with Gasteiger partial charge in [-0.2, -0.15) is 4.39 Å². The molecule has 0 saturated heterocycles. The van der Waals surface area contributed by atoms with Crippen LogP contribution in [-0.4, -0.2) is 43.9 Å². The summed E-state index contributed by atoms with van der Waals surface area (Å²) in [6, 6.07) is 9.22. The Kier molecular flexibility index (Phi) is 8.71. The monoisotopic (exact) mass is 501 g/mol. The molecule has 0 aliphatic heterocycles. The molecule has 0 spiro atoms. The number of hydrogen-bond acceptors (Lipinski definition) is 7. The summed E-state index contributed by atoms with van der Waals surface area (Å²) in [7, 11) is 6.15. The van der Waals surface area contributed by atoms with E-state index in [0.29, 0.717) is 41.5 Å². The molecular formula is C25H28FN3O7. The van der Waals surface area contributed by atoms with Crippen molar-refractivity contribution in [3.8, 4) is 23.0 Å². The van der Waals surface area contributed by atoms with Crippen LogP contribution in [0.5, 0.6) is 23.0 Å². The number of nitrogens with zero attached hydrogens (tertiary/aromatic N) is 1. The zero-order valence-corrected chi connectivity index (χ0v) is 20.5. The lowest BCUT2D eigenvalue weighted by Gasteiger charge is -2.15. The molecule has 192 valence electrons. The quantitative estimate of drug-likeness (QED) is 0.414. The molecule has 3 rings (SSSR count). The number of amides is 1. The summed E-state index contributed by atoms with van der Waals surface area (Å²) < 4.78 is 35.9. The van der Waals surface area contributed by atoms with Crippen molar-refractivity contribution in [1.29, 1.82) is 0 Å². The van der Waals surface area contributed by atoms with Crippen molar-refractivity contribution in [1.82, 2.24) is 9.55 Å². The predicted octanol–water partition coefficient (Wildman–Crippen LogP) is 2.52. The van der Waals surface area contributed by atoms with E-state index in [1.54, 1.807) is 33.5 Å². The molecule has 3 aromatic rings. The molecule has 0 radical (unpaired) electrons. The van der Waals surface area contributed by atoms with Crippen LogP contribution in [-0.2, 0) is 24.2 Å². The van der Waals surface area contributed by atoms with Crippen LogP contribution in [0.4, 0.5) is 10.1 Å². The molecule has 1 amide bonds. The van der Waals surface area contributed by atoms with E-state index in [1.165, 1.54) is 7.11 Å². The second-order valence-electron chi connectivity index (χ2n) is 7.80. The first kappa shape index (κ1) is 26.3. The number of ether oxygens (including phenoxy) is 4. The minimum Gasteiger partial charge on any atom is -0.495 e. The largest absolute Gasteiger partial charge is 0.495 e. The molecule has 2 N–H and O–H groups in total. The van der Waals surface area contributed by atoms with E-state index in [1.807, 2.05) is 23.2 Å². The van der Waals surface area contributed by atoms with Crippen LogP contribution >= 0.6 is 0 Å². The Bertz CT molecular complexity index is 1330. The zero-order valence-electron chi connectivity index (χ0n) is 20.5. The van der Waals surface area contributed by atoms with Crippen LogP contribution in [0.1, 0.15) is 17.5 Å². The van der Waals surface area contributed by atoms with Gasteiger partial charge in [0.05, 0.1) is 40.3 Å². The lowest BCUT2D eigenvalue weighted by atomic mass is 10.0. The lowest BCUT2D eigenvalue weighted by molar-refractivity contribution is -0.116. The first-order valence-corrected chi connectivity index (χ1v) is 11.0. The molecule has 1 aromatic heterocycles. The van der Waals surface area contributed by atoms with Crippen LogP contribution in [0.15, 0.2) is 46.1 Å². The molecular weight excluding hydrogens is 473 g/mol. The maximum absolute atomic E-state index is 13.5. The van der Waals surface area contributed by atoms with Gasteiger partial charge in [-0.05, 0) is 48.2 Å². The van der Waals surface area contributed by atoms with Gasteiger partial charge in [-0.25, -0.2) is 4.79 Å². The van der Waals surface area contributed by atoms with Gasteiger partial charge in [0.1, 0.15) is 5.75 Å². The van der Waals surface area contributed by atoms with Crippen LogP contribution in [0, 0.1) is 5.82 Å². The number of hydrogen-bond donors (Lipinski definition) is 2. The smallest absolute Gasteiger partial charge is 0.328 e. The summed E-state index contributed by atoms with van der Waals surface area (Å²) in [5, 5.41) is 2.77. The maximum atomic E-state index is 13.5. The third-order valence-electron chi connectivity index (χ3n) is 5.51. The highest BCUT2D eigenvalue weighted by Gasteiger charge is 2.14. The predicted molar refractivity (Wildman–Crippen MR) is 131 cm³/mol. The number of carbonyl (C=O) groups excluding carboxylic acids is 1. The van der Waals surface area contributed by atoms with Crippen LogP contribution in [0.3, 0.4) is 0 Å². The summed E-state index contributed by atoms with van der Waals surface area (Å²) in [6.45, 7) is -0.110. The van der Waals surface area contributed by atoms with E-state index in [4.69, 9.17) is 18.9 Å². The maximum Gasteiger partial charge on any atom is 0.328 e. The average molecular weight is 502 g/mol. The number of aromatic nitrogens is 2. The Labute approximate surface area is 206 Å². The van der Waals surface area contributed by atoms with Crippen molar-refractivity contribution in [3.63, 3.8) is 0 Å². The van der Waals surface area contributed by atoms with Gasteiger partial charge in [0.2, 0.25) is 17.5 Å². The fourth-order valence-electron chi connectivity index (χ4n) is 3.66. The van der Waals surface area contributed by atoms with Crippen LogP contribution < -0.4 is 35.5 Å². The number of halogens is 1. The molecule has 0 aliphatic rings. The Morgan fingerprint density at radius 1 is 0.917 bits per heavy atom. The number of methoxy groups -OCH3 is 4. The number of H-pyrrole nitrogens is 1. The summed E-state index contributed by atoms with van der Waals surface area (Å²) >= 11 is 0. The van der Waals surface area contributed by atoms with E-state index in [-0.39, 0.29) is 13.0 Å². The summed E-state index contributed by atoms with van der Waals surface area (Å²) in [5.74, 6) is 0.606. The van der Waals surface area contributed by atoms with Crippen molar-refractivity contribution < 1.29 is 28.1 Å². The summed E-state index contributed by atoms with van der Waals surface area (Å²) in [5.41, 5.74) is 0.488. The average Bonchev–Trinajstić information content (AvgIpc) is 2.88. The van der Waals surface area contributed by atoms with Crippen molar-refractivity contribution in [3.05, 3.63) is 74.3 Å². The van der Waals surface area contributed by atoms with Crippen LogP contribution in [0.2, 0.25) is 0 Å². The van der Waals surface area contributed by atoms with Crippen LogP contribution in [0.25, 0.3) is 0 Å². The Morgan fingerprint density at radius 2 is 1.56 bits per heavy atom. The van der Waals surface area contributed by atoms with Gasteiger partial charge >= 0.3 is 5.69 Å². The highest BCUT2D eigenvalue weighted by atomic mass is 19.1. The van der Waals surface area contributed by atoms with E-state index in [2.05, 4.69) is 5.32 Å². The molecule has 11 heteroatoms. The summed E-state index contributed by atoms with van der Waals surface area (Å²) in [4.78, 5) is 37.3. The van der Waals surface area contributed by atoms with Gasteiger partial charge in [-0.1, -0.05) is 6.07 Å². The summed E-state index contributed by atoms with van der Waals surface area (Å²) in [6.07, 6.45) is 1.97. The second kappa shape index (κ2) is 11.9. The van der Waals surface area contributed by atoms with E-state index in [0.717, 1.165) is 21.9 Å². The molecule has 0 bridgehead atoms. The molecule has 0 atom stereocenters. The first-order chi connectivity index (χ1) is 17.3. The number of aromatic amines is 1. The van der Waals surface area contributed by atoms with E-state index >= 15 is 0 Å². The normalized spacial score (nSPS) is 10.6. The fraction of sp³-hybridized carbons (Fsp3) is 0.320. The third-order valence-corrected chi connectivity index (χ3v) is 5.51. The SMILES string of the molecule is COc1ccc(CCc2cc(OC)c(OC)c(OC)c2)cc1NC(=O)CCn1cc(F)c(=O)[nH]c1=O. The zero-order chi connectivity index (χ0) is 26.2. The minimum atomic E-state index is -1.10. The number of aryl methyl sites for hydroxylation is 3. The number of rotatable bonds is 11. The molecule has 1 heterocycles. The minimum absolute atomic E-state index is 0.110. The highest BCUT2D eigenvalue weighted by Crippen LogP contribution is 2.38. The lowest BCUT2D eigenvalue weighted by Crippen LogP contribution is -2.32. The van der Waals surface area contributed by atoms with Crippen molar-refractivity contribution in [2.75, 3.05) is 33.8 Å². The molecule has 0 saturated carbocycles. The van der Waals surface area contributed by atoms with Gasteiger partial charge in [0.15, 0.2) is 11.5 Å². The number of nitrogens with one attached hydrogen (secondary N) is 2. The molecule has 2 aromatic carbocycles. The molecule has 0 aliphatic carbocycles. The van der Waals surface area contributed by atoms with E-state index in [9.17, 15) is 18.8 Å². The molecule has 36 heavy (non-hydrogen) atoms. The molecule has 10 nitrogen and oxygen atoms in total. The number of benzene rings is 2. The van der Waals surface area contributed by atoms with Crippen molar-refractivity contribution >= 4 is 11.6 Å².